The van der Waals surface area contributed by atoms with Crippen LogP contribution in [-0.2, 0) is 4.79 Å². The highest BCUT2D eigenvalue weighted by Crippen LogP contribution is 2.33. The fourth-order valence-electron chi connectivity index (χ4n) is 3.09. The fraction of sp³-hybridized carbons (Fsp3) is 0.0870. The van der Waals surface area contributed by atoms with Crippen molar-refractivity contribution < 1.29 is 18.3 Å². The summed E-state index contributed by atoms with van der Waals surface area (Å²) in [5.74, 6) is -0.746. The molecule has 0 aliphatic heterocycles. The van der Waals surface area contributed by atoms with E-state index in [2.05, 4.69) is 15.5 Å². The molecule has 4 aromatic rings. The molecule has 1 N–H and O–H groups in total. The van der Waals surface area contributed by atoms with Crippen LogP contribution in [0.25, 0.3) is 17.1 Å². The zero-order valence-electron chi connectivity index (χ0n) is 17.0. The Morgan fingerprint density at radius 1 is 1.03 bits per heavy atom. The van der Waals surface area contributed by atoms with E-state index in [1.54, 1.807) is 7.11 Å². The highest BCUT2D eigenvalue weighted by atomic mass is 32.2. The van der Waals surface area contributed by atoms with Crippen LogP contribution in [0.4, 0.5) is 14.5 Å². The highest BCUT2D eigenvalue weighted by Gasteiger charge is 2.20. The molecule has 1 aromatic heterocycles. The van der Waals surface area contributed by atoms with Crippen LogP contribution in [0.15, 0.2) is 78.0 Å². The molecule has 1 amide bonds. The molecule has 0 aliphatic carbocycles. The van der Waals surface area contributed by atoms with Gasteiger partial charge in [-0.3, -0.25) is 9.36 Å². The van der Waals surface area contributed by atoms with Gasteiger partial charge in [0.05, 0.1) is 24.1 Å². The maximum atomic E-state index is 13.8. The van der Waals surface area contributed by atoms with Crippen molar-refractivity contribution in [3.05, 3.63) is 84.4 Å². The molecule has 0 bridgehead atoms. The standard InChI is InChI=1S/C23H18F2N4O2S/c1-31-20-10-6-5-9-17(20)22-27-28-23(29(22)16-7-3-2-4-8-16)32-14-21(30)26-19-13-15(24)11-12-18(19)25/h2-13H,14H2,1H3,(H,26,30). The van der Waals surface area contributed by atoms with Crippen LogP contribution in [0, 0.1) is 11.6 Å². The van der Waals surface area contributed by atoms with Crippen molar-refractivity contribution in [1.29, 1.82) is 0 Å². The molecule has 6 nitrogen and oxygen atoms in total. The van der Waals surface area contributed by atoms with Crippen molar-refractivity contribution in [2.24, 2.45) is 0 Å². The lowest BCUT2D eigenvalue weighted by atomic mass is 10.2. The third-order valence-electron chi connectivity index (χ3n) is 4.53. The second kappa shape index (κ2) is 9.61. The summed E-state index contributed by atoms with van der Waals surface area (Å²) in [6.07, 6.45) is 0. The monoisotopic (exact) mass is 452 g/mol. The van der Waals surface area contributed by atoms with Gasteiger partial charge in [0.25, 0.3) is 0 Å². The number of hydrogen-bond acceptors (Lipinski definition) is 5. The Morgan fingerprint density at radius 2 is 1.78 bits per heavy atom. The van der Waals surface area contributed by atoms with Gasteiger partial charge in [-0.2, -0.15) is 0 Å². The first-order valence-electron chi connectivity index (χ1n) is 9.58. The number of nitrogens with zero attached hydrogens (tertiary/aromatic N) is 3. The summed E-state index contributed by atoms with van der Waals surface area (Å²) < 4.78 is 34.5. The summed E-state index contributed by atoms with van der Waals surface area (Å²) >= 11 is 1.13. The number of thioether (sulfide) groups is 1. The molecule has 0 aliphatic rings. The Balaban J connectivity index is 1.62. The first-order chi connectivity index (χ1) is 15.6. The molecule has 0 saturated heterocycles. The number of para-hydroxylation sites is 2. The second-order valence-corrected chi connectivity index (χ2v) is 7.58. The van der Waals surface area contributed by atoms with E-state index in [0.717, 1.165) is 41.2 Å². The summed E-state index contributed by atoms with van der Waals surface area (Å²) in [5.41, 5.74) is 1.33. The van der Waals surface area contributed by atoms with E-state index in [1.165, 1.54) is 0 Å². The Bertz CT molecular complexity index is 1250. The number of aromatic nitrogens is 3. The number of carbonyl (C=O) groups is 1. The Kier molecular flexibility index (Phi) is 6.46. The minimum Gasteiger partial charge on any atom is -0.496 e. The Hall–Kier alpha value is -3.72. The maximum Gasteiger partial charge on any atom is 0.234 e. The molecule has 32 heavy (non-hydrogen) atoms. The van der Waals surface area contributed by atoms with E-state index in [-0.39, 0.29) is 11.4 Å². The number of halogens is 2. The number of methoxy groups -OCH3 is 1. The van der Waals surface area contributed by atoms with Gasteiger partial charge in [-0.05, 0) is 36.4 Å². The molecule has 162 valence electrons. The predicted molar refractivity (Wildman–Crippen MR) is 119 cm³/mol. The SMILES string of the molecule is COc1ccccc1-c1nnc(SCC(=O)Nc2cc(F)ccc2F)n1-c1ccccc1. The number of nitrogens with one attached hydrogen (secondary N) is 1. The summed E-state index contributed by atoms with van der Waals surface area (Å²) in [5, 5.41) is 11.4. The summed E-state index contributed by atoms with van der Waals surface area (Å²) in [6, 6.07) is 19.8. The lowest BCUT2D eigenvalue weighted by molar-refractivity contribution is -0.113. The van der Waals surface area contributed by atoms with Crippen molar-refractivity contribution >= 4 is 23.4 Å². The largest absolute Gasteiger partial charge is 0.496 e. The first-order valence-corrected chi connectivity index (χ1v) is 10.6. The van der Waals surface area contributed by atoms with Gasteiger partial charge < -0.3 is 10.1 Å². The van der Waals surface area contributed by atoms with Crippen LogP contribution >= 0.6 is 11.8 Å². The van der Waals surface area contributed by atoms with Crippen LogP contribution in [-0.4, -0.2) is 33.5 Å². The first kappa shape index (κ1) is 21.5. The quantitative estimate of drug-likeness (QED) is 0.402. The zero-order valence-corrected chi connectivity index (χ0v) is 17.8. The van der Waals surface area contributed by atoms with Crippen molar-refractivity contribution in [2.75, 3.05) is 18.2 Å². The molecular formula is C23H18F2N4O2S. The number of benzene rings is 3. The number of ether oxygens (including phenoxy) is 1. The van der Waals surface area contributed by atoms with E-state index in [9.17, 15) is 13.6 Å². The normalized spacial score (nSPS) is 10.7. The van der Waals surface area contributed by atoms with Gasteiger partial charge in [0.2, 0.25) is 5.91 Å². The van der Waals surface area contributed by atoms with Gasteiger partial charge in [0, 0.05) is 11.8 Å². The lowest BCUT2D eigenvalue weighted by Crippen LogP contribution is -2.15. The summed E-state index contributed by atoms with van der Waals surface area (Å²) in [7, 11) is 1.58. The Labute approximate surface area is 187 Å². The van der Waals surface area contributed by atoms with Gasteiger partial charge in [-0.15, -0.1) is 10.2 Å². The number of amides is 1. The molecule has 0 spiro atoms. The van der Waals surface area contributed by atoms with Gasteiger partial charge in [0.15, 0.2) is 11.0 Å². The number of carbonyl (C=O) groups excluding carboxylic acids is 1. The van der Waals surface area contributed by atoms with Crippen molar-refractivity contribution in [1.82, 2.24) is 14.8 Å². The number of anilines is 1. The predicted octanol–water partition coefficient (Wildman–Crippen LogP) is 4.95. The van der Waals surface area contributed by atoms with E-state index in [4.69, 9.17) is 4.74 Å². The second-order valence-electron chi connectivity index (χ2n) is 6.64. The maximum absolute atomic E-state index is 13.8. The van der Waals surface area contributed by atoms with Crippen LogP contribution in [0.2, 0.25) is 0 Å². The number of hydrogen-bond donors (Lipinski definition) is 1. The molecule has 3 aromatic carbocycles. The molecule has 0 radical (unpaired) electrons. The third-order valence-corrected chi connectivity index (χ3v) is 5.46. The summed E-state index contributed by atoms with van der Waals surface area (Å²) in [4.78, 5) is 12.4. The van der Waals surface area contributed by atoms with Crippen LogP contribution in [0.5, 0.6) is 5.75 Å². The molecule has 0 fully saturated rings. The van der Waals surface area contributed by atoms with E-state index in [1.807, 2.05) is 59.2 Å². The van der Waals surface area contributed by atoms with E-state index in [0.29, 0.717) is 16.7 Å². The van der Waals surface area contributed by atoms with Crippen molar-refractivity contribution in [2.45, 2.75) is 5.16 Å². The smallest absolute Gasteiger partial charge is 0.234 e. The fourth-order valence-corrected chi connectivity index (χ4v) is 3.84. The minimum atomic E-state index is -0.712. The molecule has 1 heterocycles. The molecular weight excluding hydrogens is 434 g/mol. The van der Waals surface area contributed by atoms with E-state index >= 15 is 0 Å². The van der Waals surface area contributed by atoms with Crippen LogP contribution < -0.4 is 10.1 Å². The van der Waals surface area contributed by atoms with Crippen LogP contribution in [0.1, 0.15) is 0 Å². The lowest BCUT2D eigenvalue weighted by Gasteiger charge is -2.12. The highest BCUT2D eigenvalue weighted by molar-refractivity contribution is 7.99. The van der Waals surface area contributed by atoms with E-state index < -0.39 is 17.5 Å². The average Bonchev–Trinajstić information content (AvgIpc) is 3.24. The van der Waals surface area contributed by atoms with Gasteiger partial charge >= 0.3 is 0 Å². The topological polar surface area (TPSA) is 69.0 Å². The Morgan fingerprint density at radius 3 is 2.56 bits per heavy atom. The zero-order chi connectivity index (χ0) is 22.5. The third kappa shape index (κ3) is 4.62. The number of rotatable bonds is 7. The van der Waals surface area contributed by atoms with Crippen LogP contribution in [0.3, 0.4) is 0 Å². The molecule has 9 heteroatoms. The van der Waals surface area contributed by atoms with Crippen molar-refractivity contribution in [3.63, 3.8) is 0 Å². The van der Waals surface area contributed by atoms with Crippen molar-refractivity contribution in [3.8, 4) is 22.8 Å². The van der Waals surface area contributed by atoms with Gasteiger partial charge in [-0.1, -0.05) is 42.1 Å². The van der Waals surface area contributed by atoms with Gasteiger partial charge in [-0.25, -0.2) is 8.78 Å². The molecule has 0 unspecified atom stereocenters. The van der Waals surface area contributed by atoms with Gasteiger partial charge in [0.1, 0.15) is 17.4 Å². The average molecular weight is 452 g/mol. The molecule has 0 atom stereocenters. The molecule has 0 saturated carbocycles. The molecule has 4 rings (SSSR count). The minimum absolute atomic E-state index is 0.0765. The summed E-state index contributed by atoms with van der Waals surface area (Å²) in [6.45, 7) is 0.